The summed E-state index contributed by atoms with van der Waals surface area (Å²) >= 11 is 5.88. The Bertz CT molecular complexity index is 537. The maximum atomic E-state index is 11.0. The summed E-state index contributed by atoms with van der Waals surface area (Å²) < 4.78 is 9.70. The van der Waals surface area contributed by atoms with E-state index in [1.807, 2.05) is 0 Å². The third-order valence-electron chi connectivity index (χ3n) is 1.92. The normalized spacial score (nSPS) is 9.84. The van der Waals surface area contributed by atoms with Crippen LogP contribution in [-0.4, -0.2) is 23.0 Å². The molecule has 0 bridgehead atoms. The van der Waals surface area contributed by atoms with E-state index in [1.54, 1.807) is 0 Å². The van der Waals surface area contributed by atoms with Gasteiger partial charge in [-0.05, 0) is 17.7 Å². The second kappa shape index (κ2) is 6.19. The van der Waals surface area contributed by atoms with Gasteiger partial charge in [0.2, 0.25) is 0 Å². The Morgan fingerprint density at radius 1 is 1.16 bits per heavy atom. The molecule has 19 heavy (non-hydrogen) atoms. The van der Waals surface area contributed by atoms with E-state index >= 15 is 0 Å². The Morgan fingerprint density at radius 2 is 1.74 bits per heavy atom. The summed E-state index contributed by atoms with van der Waals surface area (Å²) in [7, 11) is 0. The minimum Gasteiger partial charge on any atom is -0.481 e. The largest absolute Gasteiger partial charge is 0.481 e. The van der Waals surface area contributed by atoms with Gasteiger partial charge in [-0.15, -0.1) is 0 Å². The second-order valence-corrected chi connectivity index (χ2v) is 4.07. The highest BCUT2D eigenvalue weighted by Crippen LogP contribution is 2.37. The molecule has 0 saturated carbocycles. The van der Waals surface area contributed by atoms with E-state index < -0.39 is 17.9 Å². The molecule has 1 N–H and O–H groups in total. The van der Waals surface area contributed by atoms with E-state index in [9.17, 15) is 14.4 Å². The van der Waals surface area contributed by atoms with Crippen LogP contribution in [0.2, 0.25) is 5.02 Å². The lowest BCUT2D eigenvalue weighted by atomic mass is 10.1. The maximum absolute atomic E-state index is 11.0. The molecule has 6 nitrogen and oxygen atoms in total. The van der Waals surface area contributed by atoms with Crippen LogP contribution in [0.1, 0.15) is 19.4 Å². The summed E-state index contributed by atoms with van der Waals surface area (Å²) in [6.45, 7) is 2.33. The van der Waals surface area contributed by atoms with Gasteiger partial charge in [0.1, 0.15) is 0 Å². The number of hydrogen-bond acceptors (Lipinski definition) is 5. The van der Waals surface area contributed by atoms with Gasteiger partial charge in [0.25, 0.3) is 0 Å². The number of carbonyl (C=O) groups is 3. The molecule has 0 saturated heterocycles. The molecule has 0 aromatic heterocycles. The molecular formula is C12H11ClO6. The first-order chi connectivity index (χ1) is 8.79. The van der Waals surface area contributed by atoms with Gasteiger partial charge < -0.3 is 14.6 Å². The number of esters is 2. The van der Waals surface area contributed by atoms with E-state index in [0.29, 0.717) is 5.56 Å². The number of rotatable bonds is 4. The van der Waals surface area contributed by atoms with Gasteiger partial charge in [-0.25, -0.2) is 0 Å². The van der Waals surface area contributed by atoms with Crippen molar-refractivity contribution in [2.75, 3.05) is 0 Å². The summed E-state index contributed by atoms with van der Waals surface area (Å²) in [5.74, 6) is -2.55. The molecule has 1 aromatic carbocycles. The van der Waals surface area contributed by atoms with Crippen LogP contribution in [0.4, 0.5) is 0 Å². The van der Waals surface area contributed by atoms with Crippen LogP contribution in [0.15, 0.2) is 12.1 Å². The van der Waals surface area contributed by atoms with E-state index in [-0.39, 0.29) is 22.9 Å². The second-order valence-electron chi connectivity index (χ2n) is 3.66. The zero-order chi connectivity index (χ0) is 14.6. The lowest BCUT2D eigenvalue weighted by Crippen LogP contribution is -2.09. The average molecular weight is 287 g/mol. The van der Waals surface area contributed by atoms with Crippen LogP contribution < -0.4 is 9.47 Å². The fraction of sp³-hybridized carbons (Fsp3) is 0.250. The Hall–Kier alpha value is -2.08. The van der Waals surface area contributed by atoms with Gasteiger partial charge in [0.15, 0.2) is 11.5 Å². The first kappa shape index (κ1) is 15.0. The molecule has 0 fully saturated rings. The van der Waals surface area contributed by atoms with Crippen LogP contribution in [0.3, 0.4) is 0 Å². The summed E-state index contributed by atoms with van der Waals surface area (Å²) in [6.07, 6.45) is -0.297. The van der Waals surface area contributed by atoms with Crippen LogP contribution in [0.5, 0.6) is 11.5 Å². The molecule has 1 aromatic rings. The summed E-state index contributed by atoms with van der Waals surface area (Å²) in [4.78, 5) is 32.6. The third kappa shape index (κ3) is 4.59. The summed E-state index contributed by atoms with van der Waals surface area (Å²) in [5.41, 5.74) is 0.324. The molecule has 0 unspecified atom stereocenters. The van der Waals surface area contributed by atoms with Crippen LogP contribution >= 0.6 is 11.6 Å². The minimum absolute atomic E-state index is 0.00907. The van der Waals surface area contributed by atoms with Gasteiger partial charge in [-0.1, -0.05) is 11.6 Å². The molecule has 0 aliphatic heterocycles. The van der Waals surface area contributed by atoms with E-state index in [2.05, 4.69) is 0 Å². The monoisotopic (exact) mass is 286 g/mol. The van der Waals surface area contributed by atoms with E-state index in [1.165, 1.54) is 19.1 Å². The number of aliphatic carboxylic acids is 1. The van der Waals surface area contributed by atoms with Crippen molar-refractivity contribution in [2.45, 2.75) is 20.3 Å². The van der Waals surface area contributed by atoms with Gasteiger partial charge in [-0.2, -0.15) is 0 Å². The van der Waals surface area contributed by atoms with Crippen molar-refractivity contribution in [2.24, 2.45) is 0 Å². The Labute approximate surface area is 113 Å². The number of benzene rings is 1. The predicted octanol–water partition coefficient (Wildman–Crippen LogP) is 1.82. The van der Waals surface area contributed by atoms with E-state index in [0.717, 1.165) is 6.92 Å². The molecule has 0 aliphatic carbocycles. The van der Waals surface area contributed by atoms with Crippen molar-refractivity contribution in [3.05, 3.63) is 22.7 Å². The molecule has 0 aliphatic rings. The third-order valence-corrected chi connectivity index (χ3v) is 2.20. The number of carboxylic acids is 1. The molecule has 1 rings (SSSR count). The SMILES string of the molecule is CC(=O)Oc1cc(CC(=O)O)cc(Cl)c1OC(C)=O. The highest BCUT2D eigenvalue weighted by Gasteiger charge is 2.17. The number of carbonyl (C=O) groups excluding carboxylic acids is 2. The van der Waals surface area contributed by atoms with Crippen molar-refractivity contribution in [1.29, 1.82) is 0 Å². The molecule has 0 amide bonds. The summed E-state index contributed by atoms with van der Waals surface area (Å²) in [6, 6.07) is 2.63. The fourth-order valence-corrected chi connectivity index (χ4v) is 1.64. The van der Waals surface area contributed by atoms with Crippen LogP contribution in [-0.2, 0) is 20.8 Å². The molecule has 0 heterocycles. The van der Waals surface area contributed by atoms with Gasteiger partial charge >= 0.3 is 17.9 Å². The van der Waals surface area contributed by atoms with Crippen LogP contribution in [0, 0.1) is 0 Å². The maximum Gasteiger partial charge on any atom is 0.308 e. The number of carboxylic acid groups (broad SMARTS) is 1. The zero-order valence-electron chi connectivity index (χ0n) is 10.2. The fourth-order valence-electron chi connectivity index (χ4n) is 1.37. The minimum atomic E-state index is -1.06. The lowest BCUT2D eigenvalue weighted by molar-refractivity contribution is -0.136. The van der Waals surface area contributed by atoms with E-state index in [4.69, 9.17) is 26.2 Å². The average Bonchev–Trinajstić information content (AvgIpc) is 2.21. The van der Waals surface area contributed by atoms with Crippen molar-refractivity contribution in [3.63, 3.8) is 0 Å². The number of halogens is 1. The first-order valence-corrected chi connectivity index (χ1v) is 5.58. The van der Waals surface area contributed by atoms with Crippen molar-refractivity contribution < 1.29 is 29.0 Å². The highest BCUT2D eigenvalue weighted by atomic mass is 35.5. The molecule has 0 radical (unpaired) electrons. The molecular weight excluding hydrogens is 276 g/mol. The Kier molecular flexibility index (Phi) is 4.88. The van der Waals surface area contributed by atoms with Crippen molar-refractivity contribution in [3.8, 4) is 11.5 Å². The molecule has 0 atom stereocenters. The molecule has 0 spiro atoms. The van der Waals surface area contributed by atoms with Crippen molar-refractivity contribution >= 4 is 29.5 Å². The van der Waals surface area contributed by atoms with Gasteiger partial charge in [-0.3, -0.25) is 14.4 Å². The van der Waals surface area contributed by atoms with Crippen molar-refractivity contribution in [1.82, 2.24) is 0 Å². The Balaban J connectivity index is 3.24. The molecule has 102 valence electrons. The first-order valence-electron chi connectivity index (χ1n) is 5.20. The van der Waals surface area contributed by atoms with Crippen LogP contribution in [0.25, 0.3) is 0 Å². The lowest BCUT2D eigenvalue weighted by Gasteiger charge is -2.11. The standard InChI is InChI=1S/C12H11ClO6/c1-6(14)18-10-4-8(5-11(16)17)3-9(13)12(10)19-7(2)15/h3-4H,5H2,1-2H3,(H,16,17). The highest BCUT2D eigenvalue weighted by molar-refractivity contribution is 6.32. The predicted molar refractivity (Wildman–Crippen MR) is 65.4 cm³/mol. The quantitative estimate of drug-likeness (QED) is 0.671. The topological polar surface area (TPSA) is 89.9 Å². The zero-order valence-corrected chi connectivity index (χ0v) is 11.0. The number of ether oxygens (including phenoxy) is 2. The summed E-state index contributed by atoms with van der Waals surface area (Å²) in [5, 5.41) is 8.70. The molecule has 7 heteroatoms. The van der Waals surface area contributed by atoms with Gasteiger partial charge in [0.05, 0.1) is 11.4 Å². The van der Waals surface area contributed by atoms with Gasteiger partial charge in [0, 0.05) is 13.8 Å². The Morgan fingerprint density at radius 3 is 2.21 bits per heavy atom. The smallest absolute Gasteiger partial charge is 0.308 e. The number of hydrogen-bond donors (Lipinski definition) is 1.